The summed E-state index contributed by atoms with van der Waals surface area (Å²) in [4.78, 5) is 0. The molecule has 2 heteroatoms. The van der Waals surface area contributed by atoms with E-state index in [0.717, 1.165) is 17.6 Å². The van der Waals surface area contributed by atoms with Crippen LogP contribution in [0.3, 0.4) is 0 Å². The van der Waals surface area contributed by atoms with E-state index in [1.54, 1.807) is 0 Å². The second-order valence-corrected chi connectivity index (χ2v) is 7.13. The van der Waals surface area contributed by atoms with E-state index in [2.05, 4.69) is 24.8 Å². The van der Waals surface area contributed by atoms with Crippen molar-refractivity contribution in [3.8, 4) is 6.07 Å². The van der Waals surface area contributed by atoms with Crippen LogP contribution in [0.15, 0.2) is 0 Å². The Kier molecular flexibility index (Phi) is 4.58. The van der Waals surface area contributed by atoms with Crippen LogP contribution in [-0.2, 0) is 0 Å². The first-order valence-electron chi connectivity index (χ1n) is 6.84. The van der Waals surface area contributed by atoms with Gasteiger partial charge in [-0.3, -0.25) is 0 Å². The Bertz CT molecular complexity index is 252. The van der Waals surface area contributed by atoms with Crippen LogP contribution in [0, 0.1) is 23.2 Å². The molecule has 0 heterocycles. The molecule has 90 valence electrons. The van der Waals surface area contributed by atoms with E-state index in [1.807, 2.05) is 0 Å². The fourth-order valence-corrected chi connectivity index (χ4v) is 5.00. The van der Waals surface area contributed by atoms with Gasteiger partial charge in [0.05, 0.1) is 12.0 Å². The zero-order valence-corrected chi connectivity index (χ0v) is 11.1. The molecule has 0 radical (unpaired) electrons. The van der Waals surface area contributed by atoms with E-state index >= 15 is 0 Å². The summed E-state index contributed by atoms with van der Waals surface area (Å²) in [7, 11) is 0. The predicted molar refractivity (Wildman–Crippen MR) is 70.4 cm³/mol. The van der Waals surface area contributed by atoms with Crippen molar-refractivity contribution >= 4 is 11.8 Å². The molecule has 3 atom stereocenters. The molecule has 3 unspecified atom stereocenters. The van der Waals surface area contributed by atoms with Gasteiger partial charge in [-0.1, -0.05) is 26.2 Å². The van der Waals surface area contributed by atoms with Crippen molar-refractivity contribution < 1.29 is 0 Å². The van der Waals surface area contributed by atoms with Crippen LogP contribution in [-0.4, -0.2) is 10.5 Å². The Morgan fingerprint density at radius 3 is 2.50 bits per heavy atom. The SMILES string of the molecule is CC1CCC(C#N)C(SC2CCCCC2)C1. The Morgan fingerprint density at radius 2 is 1.81 bits per heavy atom. The Balaban J connectivity index is 1.87. The maximum atomic E-state index is 9.21. The molecular weight excluding hydrogens is 214 g/mol. The maximum Gasteiger partial charge on any atom is 0.0667 e. The van der Waals surface area contributed by atoms with Crippen molar-refractivity contribution in [2.75, 3.05) is 0 Å². The molecule has 0 bridgehead atoms. The van der Waals surface area contributed by atoms with E-state index in [1.165, 1.54) is 44.9 Å². The van der Waals surface area contributed by atoms with Crippen molar-refractivity contribution in [2.24, 2.45) is 11.8 Å². The number of nitriles is 1. The molecule has 16 heavy (non-hydrogen) atoms. The van der Waals surface area contributed by atoms with Gasteiger partial charge in [0.1, 0.15) is 0 Å². The van der Waals surface area contributed by atoms with Crippen molar-refractivity contribution in [3.05, 3.63) is 0 Å². The number of rotatable bonds is 2. The zero-order chi connectivity index (χ0) is 11.4. The van der Waals surface area contributed by atoms with E-state index in [0.29, 0.717) is 11.2 Å². The van der Waals surface area contributed by atoms with E-state index in [9.17, 15) is 5.26 Å². The summed E-state index contributed by atoms with van der Waals surface area (Å²) in [6, 6.07) is 2.54. The topological polar surface area (TPSA) is 23.8 Å². The third-order valence-electron chi connectivity index (χ3n) is 4.14. The van der Waals surface area contributed by atoms with Crippen molar-refractivity contribution in [1.29, 1.82) is 5.26 Å². The molecular formula is C14H23NS. The van der Waals surface area contributed by atoms with Crippen molar-refractivity contribution in [3.63, 3.8) is 0 Å². The van der Waals surface area contributed by atoms with Gasteiger partial charge < -0.3 is 0 Å². The number of hydrogen-bond acceptors (Lipinski definition) is 2. The minimum atomic E-state index is 0.336. The monoisotopic (exact) mass is 237 g/mol. The van der Waals surface area contributed by atoms with Crippen LogP contribution < -0.4 is 0 Å². The highest BCUT2D eigenvalue weighted by molar-refractivity contribution is 8.00. The molecule has 2 fully saturated rings. The lowest BCUT2D eigenvalue weighted by Crippen LogP contribution is -2.27. The van der Waals surface area contributed by atoms with Gasteiger partial charge in [-0.2, -0.15) is 17.0 Å². The summed E-state index contributed by atoms with van der Waals surface area (Å²) in [5, 5.41) is 10.7. The van der Waals surface area contributed by atoms with Crippen LogP contribution >= 0.6 is 11.8 Å². The van der Waals surface area contributed by atoms with E-state index in [4.69, 9.17) is 0 Å². The zero-order valence-electron chi connectivity index (χ0n) is 10.3. The average Bonchev–Trinajstić information content (AvgIpc) is 2.31. The Hall–Kier alpha value is -0.160. The van der Waals surface area contributed by atoms with Gasteiger partial charge in [0.25, 0.3) is 0 Å². The Morgan fingerprint density at radius 1 is 1.06 bits per heavy atom. The van der Waals surface area contributed by atoms with E-state index < -0.39 is 0 Å². The van der Waals surface area contributed by atoms with Crippen LogP contribution in [0.1, 0.15) is 58.3 Å². The van der Waals surface area contributed by atoms with Crippen LogP contribution in [0.5, 0.6) is 0 Å². The van der Waals surface area contributed by atoms with Crippen molar-refractivity contribution in [2.45, 2.75) is 68.8 Å². The largest absolute Gasteiger partial charge is 0.198 e. The summed E-state index contributed by atoms with van der Waals surface area (Å²) in [6.07, 6.45) is 10.7. The minimum absolute atomic E-state index is 0.336. The van der Waals surface area contributed by atoms with Gasteiger partial charge in [-0.05, 0) is 38.0 Å². The number of hydrogen-bond donors (Lipinski definition) is 0. The molecule has 0 aliphatic heterocycles. The van der Waals surface area contributed by atoms with Crippen LogP contribution in [0.2, 0.25) is 0 Å². The lowest BCUT2D eigenvalue weighted by atomic mass is 9.83. The first kappa shape index (κ1) is 12.3. The highest BCUT2D eigenvalue weighted by Gasteiger charge is 2.31. The fraction of sp³-hybridized carbons (Fsp3) is 0.929. The second kappa shape index (κ2) is 5.96. The molecule has 0 saturated heterocycles. The molecule has 0 aromatic rings. The second-order valence-electron chi connectivity index (χ2n) is 5.59. The standard InChI is InChI=1S/C14H23NS/c1-11-7-8-12(10-15)14(9-11)16-13-5-3-2-4-6-13/h11-14H,2-9H2,1H3. The molecule has 0 amide bonds. The molecule has 2 aliphatic carbocycles. The number of thioether (sulfide) groups is 1. The minimum Gasteiger partial charge on any atom is -0.198 e. The quantitative estimate of drug-likeness (QED) is 0.711. The summed E-state index contributed by atoms with van der Waals surface area (Å²) >= 11 is 2.16. The van der Waals surface area contributed by atoms with Gasteiger partial charge in [-0.15, -0.1) is 0 Å². The molecule has 0 spiro atoms. The summed E-state index contributed by atoms with van der Waals surface area (Å²) in [6.45, 7) is 2.35. The summed E-state index contributed by atoms with van der Waals surface area (Å²) < 4.78 is 0. The first-order valence-corrected chi connectivity index (χ1v) is 7.79. The lowest BCUT2D eigenvalue weighted by Gasteiger charge is -2.34. The van der Waals surface area contributed by atoms with E-state index in [-0.39, 0.29) is 0 Å². The summed E-state index contributed by atoms with van der Waals surface area (Å²) in [5.41, 5.74) is 0. The third kappa shape index (κ3) is 3.17. The Labute approximate surface area is 104 Å². The van der Waals surface area contributed by atoms with Crippen LogP contribution in [0.25, 0.3) is 0 Å². The van der Waals surface area contributed by atoms with Gasteiger partial charge in [0.15, 0.2) is 0 Å². The molecule has 1 nitrogen and oxygen atoms in total. The highest BCUT2D eigenvalue weighted by Crippen LogP contribution is 2.41. The maximum absolute atomic E-state index is 9.21. The average molecular weight is 237 g/mol. The molecule has 2 saturated carbocycles. The molecule has 0 aromatic carbocycles. The molecule has 0 aromatic heterocycles. The number of nitrogens with zero attached hydrogens (tertiary/aromatic N) is 1. The van der Waals surface area contributed by atoms with Gasteiger partial charge in [0, 0.05) is 10.5 Å². The molecule has 0 N–H and O–H groups in total. The van der Waals surface area contributed by atoms with Crippen LogP contribution in [0.4, 0.5) is 0 Å². The van der Waals surface area contributed by atoms with Gasteiger partial charge in [0.2, 0.25) is 0 Å². The lowest BCUT2D eigenvalue weighted by molar-refractivity contribution is 0.344. The highest BCUT2D eigenvalue weighted by atomic mass is 32.2. The first-order chi connectivity index (χ1) is 7.79. The molecule has 2 aliphatic rings. The normalized spacial score (nSPS) is 36.9. The van der Waals surface area contributed by atoms with Crippen molar-refractivity contribution in [1.82, 2.24) is 0 Å². The smallest absolute Gasteiger partial charge is 0.0667 e. The third-order valence-corrected chi connectivity index (χ3v) is 5.87. The predicted octanol–water partition coefficient (Wildman–Crippen LogP) is 4.38. The molecule has 2 rings (SSSR count). The summed E-state index contributed by atoms with van der Waals surface area (Å²) in [5.74, 6) is 1.17. The van der Waals surface area contributed by atoms with Gasteiger partial charge >= 0.3 is 0 Å². The fourth-order valence-electron chi connectivity index (χ4n) is 3.08. The van der Waals surface area contributed by atoms with Gasteiger partial charge in [-0.25, -0.2) is 0 Å².